The molecule has 120 valence electrons. The van der Waals surface area contributed by atoms with Crippen molar-refractivity contribution in [2.24, 2.45) is 5.73 Å². The number of nitrogens with zero attached hydrogens (tertiary/aromatic N) is 1. The molecule has 1 heterocycles. The van der Waals surface area contributed by atoms with Crippen LogP contribution < -0.4 is 10.5 Å². The van der Waals surface area contributed by atoms with Crippen molar-refractivity contribution in [1.82, 2.24) is 4.90 Å². The molecule has 5 heteroatoms. The molecule has 0 saturated carbocycles. The highest BCUT2D eigenvalue weighted by Crippen LogP contribution is 2.22. The number of benzene rings is 1. The van der Waals surface area contributed by atoms with Crippen LogP contribution in [0.4, 0.5) is 0 Å². The first-order valence-electron chi connectivity index (χ1n) is 7.85. The SMILES string of the molecule is Cc1ccc(C(N)=O)c(O[C@@H](C)C(=O)N2CCCCCC2)c1. The molecular formula is C17H24N2O3. The van der Waals surface area contributed by atoms with Crippen LogP contribution in [-0.4, -0.2) is 35.9 Å². The lowest BCUT2D eigenvalue weighted by Gasteiger charge is -2.25. The smallest absolute Gasteiger partial charge is 0.263 e. The first-order chi connectivity index (χ1) is 10.5. The molecule has 0 spiro atoms. The molecule has 2 rings (SSSR count). The summed E-state index contributed by atoms with van der Waals surface area (Å²) in [5, 5.41) is 0. The maximum absolute atomic E-state index is 12.5. The number of hydrogen-bond acceptors (Lipinski definition) is 3. The summed E-state index contributed by atoms with van der Waals surface area (Å²) in [5.74, 6) is -0.202. The quantitative estimate of drug-likeness (QED) is 0.927. The third-order valence-corrected chi connectivity index (χ3v) is 3.97. The van der Waals surface area contributed by atoms with Gasteiger partial charge in [0.25, 0.3) is 11.8 Å². The van der Waals surface area contributed by atoms with Gasteiger partial charge in [0.15, 0.2) is 6.10 Å². The predicted molar refractivity (Wildman–Crippen MR) is 84.8 cm³/mol. The minimum Gasteiger partial charge on any atom is -0.480 e. The van der Waals surface area contributed by atoms with Crippen LogP contribution in [-0.2, 0) is 4.79 Å². The Labute approximate surface area is 131 Å². The first kappa shape index (κ1) is 16.3. The Bertz CT molecular complexity index is 549. The molecule has 0 unspecified atom stereocenters. The van der Waals surface area contributed by atoms with E-state index in [-0.39, 0.29) is 5.91 Å². The van der Waals surface area contributed by atoms with Gasteiger partial charge in [-0.1, -0.05) is 18.9 Å². The number of hydrogen-bond donors (Lipinski definition) is 1. The van der Waals surface area contributed by atoms with E-state index in [0.717, 1.165) is 31.5 Å². The number of nitrogens with two attached hydrogens (primary N) is 1. The Morgan fingerprint density at radius 1 is 1.18 bits per heavy atom. The normalized spacial score (nSPS) is 16.7. The minimum atomic E-state index is -0.627. The topological polar surface area (TPSA) is 72.6 Å². The van der Waals surface area contributed by atoms with Crippen molar-refractivity contribution < 1.29 is 14.3 Å². The average Bonchev–Trinajstić information content (AvgIpc) is 2.75. The van der Waals surface area contributed by atoms with E-state index in [2.05, 4.69) is 0 Å². The van der Waals surface area contributed by atoms with Gasteiger partial charge in [-0.05, 0) is 44.4 Å². The summed E-state index contributed by atoms with van der Waals surface area (Å²) in [6.45, 7) is 5.19. The zero-order valence-electron chi connectivity index (χ0n) is 13.3. The summed E-state index contributed by atoms with van der Waals surface area (Å²) in [7, 11) is 0. The van der Waals surface area contributed by atoms with E-state index >= 15 is 0 Å². The summed E-state index contributed by atoms with van der Waals surface area (Å²) >= 11 is 0. The highest BCUT2D eigenvalue weighted by molar-refractivity contribution is 5.96. The van der Waals surface area contributed by atoms with E-state index in [1.807, 2.05) is 11.8 Å². The molecule has 22 heavy (non-hydrogen) atoms. The standard InChI is InChI=1S/C17H24N2O3/c1-12-7-8-14(16(18)20)15(11-12)22-13(2)17(21)19-9-5-3-4-6-10-19/h7-8,11,13H,3-6,9-10H2,1-2H3,(H2,18,20)/t13-/m0/s1. The molecule has 1 saturated heterocycles. The Hall–Kier alpha value is -2.04. The van der Waals surface area contributed by atoms with Gasteiger partial charge < -0.3 is 15.4 Å². The summed E-state index contributed by atoms with van der Waals surface area (Å²) in [6, 6.07) is 5.18. The van der Waals surface area contributed by atoms with Crippen molar-refractivity contribution in [3.8, 4) is 5.75 Å². The zero-order chi connectivity index (χ0) is 16.1. The second kappa shape index (κ2) is 7.29. The number of primary amides is 1. The van der Waals surface area contributed by atoms with Gasteiger partial charge in [0.05, 0.1) is 5.56 Å². The van der Waals surface area contributed by atoms with Crippen LogP contribution >= 0.6 is 0 Å². The molecule has 1 fully saturated rings. The highest BCUT2D eigenvalue weighted by Gasteiger charge is 2.24. The number of rotatable bonds is 4. The largest absolute Gasteiger partial charge is 0.480 e. The molecule has 0 radical (unpaired) electrons. The third kappa shape index (κ3) is 4.00. The van der Waals surface area contributed by atoms with Gasteiger partial charge in [0, 0.05) is 13.1 Å². The fraction of sp³-hybridized carbons (Fsp3) is 0.529. The zero-order valence-corrected chi connectivity index (χ0v) is 13.3. The second-order valence-electron chi connectivity index (χ2n) is 5.86. The molecule has 0 bridgehead atoms. The van der Waals surface area contributed by atoms with Gasteiger partial charge in [-0.2, -0.15) is 0 Å². The van der Waals surface area contributed by atoms with E-state index in [0.29, 0.717) is 11.3 Å². The van der Waals surface area contributed by atoms with Crippen LogP contribution in [0.15, 0.2) is 18.2 Å². The van der Waals surface area contributed by atoms with E-state index in [1.165, 1.54) is 12.8 Å². The van der Waals surface area contributed by atoms with Crippen LogP contribution in [0.3, 0.4) is 0 Å². The molecule has 1 aliphatic rings. The van der Waals surface area contributed by atoms with Crippen LogP contribution in [0.1, 0.15) is 48.5 Å². The average molecular weight is 304 g/mol. The fourth-order valence-corrected chi connectivity index (χ4v) is 2.72. The number of likely N-dealkylation sites (tertiary alicyclic amines) is 1. The maximum Gasteiger partial charge on any atom is 0.263 e. The van der Waals surface area contributed by atoms with E-state index in [4.69, 9.17) is 10.5 Å². The fourth-order valence-electron chi connectivity index (χ4n) is 2.72. The van der Waals surface area contributed by atoms with Crippen LogP contribution in [0.5, 0.6) is 5.75 Å². The third-order valence-electron chi connectivity index (χ3n) is 3.97. The number of carbonyl (C=O) groups is 2. The summed E-state index contributed by atoms with van der Waals surface area (Å²) in [4.78, 5) is 25.8. The monoisotopic (exact) mass is 304 g/mol. The van der Waals surface area contributed by atoms with Crippen LogP contribution in [0.2, 0.25) is 0 Å². The molecular weight excluding hydrogens is 280 g/mol. The van der Waals surface area contributed by atoms with Crippen molar-refractivity contribution in [2.75, 3.05) is 13.1 Å². The molecule has 1 atom stereocenters. The molecule has 1 aliphatic heterocycles. The number of ether oxygens (including phenoxy) is 1. The van der Waals surface area contributed by atoms with Gasteiger partial charge in [-0.3, -0.25) is 9.59 Å². The van der Waals surface area contributed by atoms with Crippen molar-refractivity contribution in [3.63, 3.8) is 0 Å². The van der Waals surface area contributed by atoms with E-state index in [9.17, 15) is 9.59 Å². The number of aryl methyl sites for hydroxylation is 1. The predicted octanol–water partition coefficient (Wildman–Crippen LogP) is 2.26. The molecule has 2 N–H and O–H groups in total. The lowest BCUT2D eigenvalue weighted by atomic mass is 10.1. The Morgan fingerprint density at radius 2 is 1.82 bits per heavy atom. The van der Waals surface area contributed by atoms with Crippen molar-refractivity contribution in [2.45, 2.75) is 45.6 Å². The van der Waals surface area contributed by atoms with Gasteiger partial charge >= 0.3 is 0 Å². The Kier molecular flexibility index (Phi) is 5.41. The van der Waals surface area contributed by atoms with Crippen LogP contribution in [0.25, 0.3) is 0 Å². The van der Waals surface area contributed by atoms with Gasteiger partial charge in [0.2, 0.25) is 0 Å². The highest BCUT2D eigenvalue weighted by atomic mass is 16.5. The second-order valence-corrected chi connectivity index (χ2v) is 5.86. The lowest BCUT2D eigenvalue weighted by Crippen LogP contribution is -2.41. The molecule has 1 aromatic carbocycles. The van der Waals surface area contributed by atoms with E-state index < -0.39 is 12.0 Å². The van der Waals surface area contributed by atoms with E-state index in [1.54, 1.807) is 25.1 Å². The van der Waals surface area contributed by atoms with Gasteiger partial charge in [-0.15, -0.1) is 0 Å². The molecule has 5 nitrogen and oxygen atoms in total. The Balaban J connectivity index is 2.10. The van der Waals surface area contributed by atoms with Crippen LogP contribution in [0, 0.1) is 6.92 Å². The number of carbonyl (C=O) groups excluding carboxylic acids is 2. The molecule has 1 aromatic rings. The summed E-state index contributed by atoms with van der Waals surface area (Å²) < 4.78 is 5.75. The van der Waals surface area contributed by atoms with Crippen molar-refractivity contribution in [3.05, 3.63) is 29.3 Å². The molecule has 2 amide bonds. The first-order valence-corrected chi connectivity index (χ1v) is 7.85. The Morgan fingerprint density at radius 3 is 2.41 bits per heavy atom. The lowest BCUT2D eigenvalue weighted by molar-refractivity contribution is -0.137. The van der Waals surface area contributed by atoms with Crippen molar-refractivity contribution in [1.29, 1.82) is 0 Å². The van der Waals surface area contributed by atoms with Gasteiger partial charge in [-0.25, -0.2) is 0 Å². The van der Waals surface area contributed by atoms with Crippen molar-refractivity contribution >= 4 is 11.8 Å². The number of amides is 2. The summed E-state index contributed by atoms with van der Waals surface area (Å²) in [6.07, 6.45) is 3.79. The summed E-state index contributed by atoms with van der Waals surface area (Å²) in [5.41, 5.74) is 6.63. The van der Waals surface area contributed by atoms with Gasteiger partial charge in [0.1, 0.15) is 5.75 Å². The maximum atomic E-state index is 12.5. The molecule has 0 aliphatic carbocycles. The minimum absolute atomic E-state index is 0.0289. The molecule has 0 aromatic heterocycles.